The first-order valence-electron chi connectivity index (χ1n) is 5.59. The van der Waals surface area contributed by atoms with Gasteiger partial charge in [0.1, 0.15) is 0 Å². The Hall–Kier alpha value is -0.120. The van der Waals surface area contributed by atoms with Gasteiger partial charge in [-0.05, 0) is 19.8 Å². The van der Waals surface area contributed by atoms with Crippen molar-refractivity contribution < 1.29 is 0 Å². The Balaban J connectivity index is 3.28. The molecule has 0 amide bonds. The average molecular weight is 187 g/mol. The highest BCUT2D eigenvalue weighted by atomic mass is 15.7. The summed E-state index contributed by atoms with van der Waals surface area (Å²) < 4.78 is 0. The molecule has 0 aliphatic rings. The van der Waals surface area contributed by atoms with Crippen LogP contribution in [0, 0.1) is 0 Å². The summed E-state index contributed by atoms with van der Waals surface area (Å²) in [6.45, 7) is 9.73. The molecule has 0 aliphatic carbocycles. The number of unbranched alkanes of at least 4 members (excludes halogenated alkanes) is 2. The second-order valence-corrected chi connectivity index (χ2v) is 3.27. The molecule has 2 N–H and O–H groups in total. The van der Waals surface area contributed by atoms with E-state index in [9.17, 15) is 0 Å². The van der Waals surface area contributed by atoms with Crippen molar-refractivity contribution in [2.24, 2.45) is 0 Å². The number of hydrogen-bond acceptors (Lipinski definition) is 3. The molecule has 13 heavy (non-hydrogen) atoms. The van der Waals surface area contributed by atoms with Gasteiger partial charge in [0.05, 0.1) is 0 Å². The van der Waals surface area contributed by atoms with Gasteiger partial charge in [-0.3, -0.25) is 0 Å². The summed E-state index contributed by atoms with van der Waals surface area (Å²) in [6.07, 6.45) is 4.98. The lowest BCUT2D eigenvalue weighted by Crippen LogP contribution is -2.48. The van der Waals surface area contributed by atoms with Crippen LogP contribution >= 0.6 is 0 Å². The van der Waals surface area contributed by atoms with Crippen molar-refractivity contribution in [3.8, 4) is 0 Å². The van der Waals surface area contributed by atoms with Gasteiger partial charge in [-0.25, -0.2) is 10.9 Å². The minimum Gasteiger partial charge on any atom is -0.242 e. The molecular formula is C10H25N3. The largest absolute Gasteiger partial charge is 0.242 e. The van der Waals surface area contributed by atoms with Crippen molar-refractivity contribution in [1.82, 2.24) is 16.0 Å². The van der Waals surface area contributed by atoms with Gasteiger partial charge < -0.3 is 0 Å². The molecule has 0 unspecified atom stereocenters. The molecular weight excluding hydrogens is 162 g/mol. The lowest BCUT2D eigenvalue weighted by Gasteiger charge is -2.22. The summed E-state index contributed by atoms with van der Waals surface area (Å²) in [5, 5.41) is 2.09. The smallest absolute Gasteiger partial charge is 0.0259 e. The topological polar surface area (TPSA) is 27.3 Å². The van der Waals surface area contributed by atoms with Crippen LogP contribution in [0.3, 0.4) is 0 Å². The molecule has 0 bridgehead atoms. The Bertz CT molecular complexity index is 86.2. The highest BCUT2D eigenvalue weighted by Gasteiger charge is 1.97. The summed E-state index contributed by atoms with van der Waals surface area (Å²) in [4.78, 5) is 0. The highest BCUT2D eigenvalue weighted by molar-refractivity contribution is 4.45. The van der Waals surface area contributed by atoms with Gasteiger partial charge in [-0.15, -0.1) is 0 Å². The first-order valence-corrected chi connectivity index (χ1v) is 5.59. The Morgan fingerprint density at radius 3 is 1.62 bits per heavy atom. The summed E-state index contributed by atoms with van der Waals surface area (Å²) in [5.41, 5.74) is 6.70. The van der Waals surface area contributed by atoms with Crippen molar-refractivity contribution in [2.75, 3.05) is 19.6 Å². The van der Waals surface area contributed by atoms with Crippen molar-refractivity contribution in [3.05, 3.63) is 0 Å². The number of rotatable bonds is 9. The lowest BCUT2D eigenvalue weighted by atomic mass is 10.3. The van der Waals surface area contributed by atoms with Crippen molar-refractivity contribution >= 4 is 0 Å². The van der Waals surface area contributed by atoms with E-state index in [4.69, 9.17) is 0 Å². The molecule has 0 heterocycles. The lowest BCUT2D eigenvalue weighted by molar-refractivity contribution is 0.120. The van der Waals surface area contributed by atoms with E-state index < -0.39 is 0 Å². The van der Waals surface area contributed by atoms with E-state index in [2.05, 4.69) is 36.7 Å². The van der Waals surface area contributed by atoms with Crippen molar-refractivity contribution in [3.63, 3.8) is 0 Å². The fourth-order valence-electron chi connectivity index (χ4n) is 1.06. The summed E-state index contributed by atoms with van der Waals surface area (Å²) in [5.74, 6) is 0. The third kappa shape index (κ3) is 8.22. The van der Waals surface area contributed by atoms with Gasteiger partial charge in [-0.1, -0.05) is 26.7 Å². The molecule has 0 aromatic carbocycles. The normalized spacial score (nSPS) is 11.1. The monoisotopic (exact) mass is 187 g/mol. The maximum absolute atomic E-state index is 3.35. The Labute approximate surface area is 82.8 Å². The molecule has 3 heteroatoms. The average Bonchev–Trinajstić information content (AvgIpc) is 2.16. The second-order valence-electron chi connectivity index (χ2n) is 3.27. The SMILES string of the molecule is CCCCNN(CC)NCCCC. The van der Waals surface area contributed by atoms with Gasteiger partial charge in [-0.2, -0.15) is 5.12 Å². The van der Waals surface area contributed by atoms with E-state index in [0.717, 1.165) is 19.6 Å². The standard InChI is InChI=1S/C10H25N3/c1-4-7-9-11-13(6-3)12-10-8-5-2/h11-12H,4-10H2,1-3H3. The molecule has 0 rings (SSSR count). The Morgan fingerprint density at radius 1 is 0.846 bits per heavy atom. The molecule has 80 valence electrons. The number of hydrazine groups is 2. The quantitative estimate of drug-likeness (QED) is 0.426. The number of hydrogen-bond donors (Lipinski definition) is 2. The first-order chi connectivity index (χ1) is 6.35. The van der Waals surface area contributed by atoms with E-state index in [-0.39, 0.29) is 0 Å². The van der Waals surface area contributed by atoms with Gasteiger partial charge in [0, 0.05) is 19.6 Å². The maximum Gasteiger partial charge on any atom is 0.0259 e. The van der Waals surface area contributed by atoms with Crippen LogP contribution in [0.2, 0.25) is 0 Å². The third-order valence-electron chi connectivity index (χ3n) is 1.98. The van der Waals surface area contributed by atoms with E-state index in [0.29, 0.717) is 0 Å². The zero-order valence-corrected chi connectivity index (χ0v) is 9.40. The second kappa shape index (κ2) is 9.96. The van der Waals surface area contributed by atoms with E-state index in [1.165, 1.54) is 25.7 Å². The van der Waals surface area contributed by atoms with E-state index in [1.807, 2.05) is 0 Å². The van der Waals surface area contributed by atoms with Crippen molar-refractivity contribution in [1.29, 1.82) is 0 Å². The molecule has 0 aliphatic heterocycles. The maximum atomic E-state index is 3.35. The summed E-state index contributed by atoms with van der Waals surface area (Å²) >= 11 is 0. The predicted octanol–water partition coefficient (Wildman–Crippen LogP) is 1.92. The minimum atomic E-state index is 1.01. The molecule has 0 aromatic heterocycles. The minimum absolute atomic E-state index is 1.01. The zero-order chi connectivity index (χ0) is 9.94. The molecule has 0 radical (unpaired) electrons. The Morgan fingerprint density at radius 2 is 1.31 bits per heavy atom. The van der Waals surface area contributed by atoms with E-state index in [1.54, 1.807) is 0 Å². The van der Waals surface area contributed by atoms with Gasteiger partial charge in [0.25, 0.3) is 0 Å². The van der Waals surface area contributed by atoms with Gasteiger partial charge in [0.2, 0.25) is 0 Å². The van der Waals surface area contributed by atoms with Crippen LogP contribution in [-0.2, 0) is 0 Å². The first kappa shape index (κ1) is 12.9. The molecule has 0 fully saturated rings. The van der Waals surface area contributed by atoms with Crippen LogP contribution in [0.15, 0.2) is 0 Å². The summed E-state index contributed by atoms with van der Waals surface area (Å²) in [6, 6.07) is 0. The molecule has 0 spiro atoms. The van der Waals surface area contributed by atoms with Gasteiger partial charge >= 0.3 is 0 Å². The highest BCUT2D eigenvalue weighted by Crippen LogP contribution is 1.86. The molecule has 3 nitrogen and oxygen atoms in total. The molecule has 0 saturated heterocycles. The van der Waals surface area contributed by atoms with Crippen molar-refractivity contribution in [2.45, 2.75) is 46.5 Å². The third-order valence-corrected chi connectivity index (χ3v) is 1.98. The van der Waals surface area contributed by atoms with E-state index >= 15 is 0 Å². The van der Waals surface area contributed by atoms with Crippen LogP contribution in [-0.4, -0.2) is 24.8 Å². The fraction of sp³-hybridized carbons (Fsp3) is 1.00. The van der Waals surface area contributed by atoms with Crippen LogP contribution in [0.4, 0.5) is 0 Å². The summed E-state index contributed by atoms with van der Waals surface area (Å²) in [7, 11) is 0. The molecule has 0 saturated carbocycles. The number of nitrogens with zero attached hydrogens (tertiary/aromatic N) is 1. The predicted molar refractivity (Wildman–Crippen MR) is 58.2 cm³/mol. The number of nitrogens with one attached hydrogen (secondary N) is 2. The van der Waals surface area contributed by atoms with Crippen LogP contribution in [0.1, 0.15) is 46.5 Å². The molecule has 0 aromatic rings. The molecule has 0 atom stereocenters. The van der Waals surface area contributed by atoms with Crippen LogP contribution in [0.5, 0.6) is 0 Å². The van der Waals surface area contributed by atoms with Crippen LogP contribution < -0.4 is 10.9 Å². The van der Waals surface area contributed by atoms with Crippen LogP contribution in [0.25, 0.3) is 0 Å². The fourth-order valence-corrected chi connectivity index (χ4v) is 1.06. The van der Waals surface area contributed by atoms with Gasteiger partial charge in [0.15, 0.2) is 0 Å². The zero-order valence-electron chi connectivity index (χ0n) is 9.40. The Kier molecular flexibility index (Phi) is 9.87.